The zero-order valence-corrected chi connectivity index (χ0v) is 30.4. The van der Waals surface area contributed by atoms with Crippen LogP contribution in [0.4, 0.5) is 57.8 Å². The quantitative estimate of drug-likeness (QED) is 0.0770. The molecule has 0 fully saturated rings. The van der Waals surface area contributed by atoms with Gasteiger partial charge in [-0.1, -0.05) is 92.0 Å². The van der Waals surface area contributed by atoms with E-state index < -0.39 is 17.7 Å². The van der Waals surface area contributed by atoms with Gasteiger partial charge in [0.1, 0.15) is 10.7 Å². The molecule has 2 aromatic heterocycles. The number of aromatic carboxylic acids is 1. The van der Waals surface area contributed by atoms with Gasteiger partial charge in [-0.05, 0) is 71.6 Å². The molecule has 0 bridgehead atoms. The van der Waals surface area contributed by atoms with E-state index in [9.17, 15) is 22.8 Å². The van der Waals surface area contributed by atoms with Crippen LogP contribution in [0.1, 0.15) is 51.2 Å². The lowest BCUT2D eigenvalue weighted by atomic mass is 9.87. The summed E-state index contributed by atoms with van der Waals surface area (Å²) in [6.07, 6.45) is -4.27. The van der Waals surface area contributed by atoms with Gasteiger partial charge in [0.15, 0.2) is 21.0 Å². The maximum absolute atomic E-state index is 12.5. The predicted octanol–water partition coefficient (Wildman–Crippen LogP) is 9.47. The van der Waals surface area contributed by atoms with Gasteiger partial charge < -0.3 is 38.3 Å². The molecule has 0 spiro atoms. The van der Waals surface area contributed by atoms with Crippen LogP contribution in [-0.4, -0.2) is 27.0 Å². The van der Waals surface area contributed by atoms with Crippen LogP contribution < -0.4 is 33.2 Å². The van der Waals surface area contributed by atoms with Crippen LogP contribution in [0.3, 0.4) is 0 Å². The lowest BCUT2D eigenvalue weighted by molar-refractivity contribution is -0.137. The van der Waals surface area contributed by atoms with Gasteiger partial charge in [0.05, 0.1) is 5.56 Å². The number of carbonyl (C=O) groups excluding carboxylic acids is 1. The number of halogens is 3. The van der Waals surface area contributed by atoms with Crippen molar-refractivity contribution >= 4 is 79.2 Å². The summed E-state index contributed by atoms with van der Waals surface area (Å²) in [6.45, 7) is 6.46. The van der Waals surface area contributed by atoms with Gasteiger partial charge in [0.25, 0.3) is 5.91 Å². The minimum Gasteiger partial charge on any atom is -0.477 e. The third-order valence-corrected chi connectivity index (χ3v) is 8.96. The van der Waals surface area contributed by atoms with Crippen molar-refractivity contribution in [1.29, 1.82) is 0 Å². The van der Waals surface area contributed by atoms with Crippen LogP contribution in [0.15, 0.2) is 109 Å². The van der Waals surface area contributed by atoms with E-state index in [4.69, 9.17) is 22.3 Å². The molecule has 0 saturated carbocycles. The number of thiazole rings is 2. The highest BCUT2D eigenvalue weighted by Crippen LogP contribution is 2.31. The second-order valence-electron chi connectivity index (χ2n) is 12.2. The first kappa shape index (κ1) is 39.7. The van der Waals surface area contributed by atoms with Crippen molar-refractivity contribution in [1.82, 2.24) is 9.97 Å². The van der Waals surface area contributed by atoms with E-state index in [-0.39, 0.29) is 27.8 Å². The van der Waals surface area contributed by atoms with E-state index in [1.807, 2.05) is 84.9 Å². The first-order chi connectivity index (χ1) is 25.0. The number of para-hydroxylation sites is 2. The number of nitrogen functional groups attached to an aromatic ring is 3. The molecule has 16 heteroatoms. The van der Waals surface area contributed by atoms with E-state index in [2.05, 4.69) is 46.7 Å². The maximum atomic E-state index is 12.5. The van der Waals surface area contributed by atoms with Gasteiger partial charge in [-0.3, -0.25) is 4.79 Å². The first-order valence-electron chi connectivity index (χ1n) is 15.7. The molecule has 4 aromatic carbocycles. The number of alkyl halides is 3. The lowest BCUT2D eigenvalue weighted by Crippen LogP contribution is -2.13. The number of carboxylic acids is 1. The number of hydrogen-bond donors (Lipinski definition) is 7. The average molecular weight is 763 g/mol. The largest absolute Gasteiger partial charge is 0.477 e. The topological polar surface area (TPSA) is 194 Å². The Balaban J connectivity index is 0.000000197. The number of hydrogen-bond acceptors (Lipinski definition) is 11. The number of carboxylic acid groups (broad SMARTS) is 1. The molecule has 2 heterocycles. The normalized spacial score (nSPS) is 10.9. The fourth-order valence-electron chi connectivity index (χ4n) is 4.29. The molecule has 0 aliphatic heterocycles. The Morgan fingerprint density at radius 3 is 1.47 bits per heavy atom. The van der Waals surface area contributed by atoms with Crippen molar-refractivity contribution in [3.63, 3.8) is 0 Å². The Morgan fingerprint density at radius 1 is 0.623 bits per heavy atom. The smallest absolute Gasteiger partial charge is 0.416 e. The SMILES string of the molecule is CC(C)(C)c1ccc(NC(=O)c2sc(Nc3ccccc3)nc2N)cc1.Nc1ccc(C(F)(F)F)cc1.Nc1nc(Nc2ccccc2)sc1C(=O)O. The Bertz CT molecular complexity index is 2100. The van der Waals surface area contributed by atoms with Gasteiger partial charge in [-0.25, -0.2) is 14.8 Å². The molecular weight excluding hydrogens is 726 g/mol. The van der Waals surface area contributed by atoms with Crippen molar-refractivity contribution in [2.24, 2.45) is 0 Å². The Kier molecular flexibility index (Phi) is 13.0. The number of nitrogens with two attached hydrogens (primary N) is 3. The number of nitrogens with one attached hydrogen (secondary N) is 3. The fraction of sp³-hybridized carbons (Fsp3) is 0.135. The van der Waals surface area contributed by atoms with Crippen molar-refractivity contribution in [2.75, 3.05) is 33.2 Å². The summed E-state index contributed by atoms with van der Waals surface area (Å²) in [6, 6.07) is 31.2. The van der Waals surface area contributed by atoms with E-state index in [1.54, 1.807) is 0 Å². The monoisotopic (exact) mass is 762 g/mol. The van der Waals surface area contributed by atoms with Gasteiger partial charge >= 0.3 is 12.1 Å². The second-order valence-corrected chi connectivity index (χ2v) is 14.2. The Labute approximate surface area is 311 Å². The molecule has 0 aliphatic carbocycles. The van der Waals surface area contributed by atoms with E-state index >= 15 is 0 Å². The molecule has 10 N–H and O–H groups in total. The standard InChI is InChI=1S/C20H22N4OS.C10H9N3O2S.C7H6F3N/c1-20(2,3)13-9-11-15(12-10-13)22-18(25)16-17(21)24-19(26-16)23-14-7-5-4-6-8-14;11-8-7(9(14)15)16-10(13-8)12-6-4-2-1-3-5-6;8-7(9,10)5-1-3-6(11)4-2-5/h4-12H,21H2,1-3H3,(H,22,25)(H,23,24);1-5H,11H2,(H,12,13)(H,14,15);1-4H,11H2. The number of anilines is 8. The van der Waals surface area contributed by atoms with Crippen LogP contribution in [0, 0.1) is 0 Å². The van der Waals surface area contributed by atoms with Crippen LogP contribution in [0.2, 0.25) is 0 Å². The minimum atomic E-state index is -4.27. The molecule has 1 amide bonds. The van der Waals surface area contributed by atoms with Gasteiger partial charge in [-0.2, -0.15) is 13.2 Å². The van der Waals surface area contributed by atoms with Crippen LogP contribution >= 0.6 is 22.7 Å². The van der Waals surface area contributed by atoms with Crippen molar-refractivity contribution in [3.05, 3.63) is 130 Å². The number of aromatic nitrogens is 2. The number of benzene rings is 4. The number of carbonyl (C=O) groups is 2. The molecule has 0 saturated heterocycles. The van der Waals surface area contributed by atoms with Crippen molar-refractivity contribution in [3.8, 4) is 0 Å². The Morgan fingerprint density at radius 2 is 1.06 bits per heavy atom. The summed E-state index contributed by atoms with van der Waals surface area (Å²) in [4.78, 5) is 31.9. The first-order valence-corrected chi connectivity index (χ1v) is 17.4. The van der Waals surface area contributed by atoms with Crippen molar-refractivity contribution < 1.29 is 27.9 Å². The molecule has 6 aromatic rings. The molecule has 276 valence electrons. The van der Waals surface area contributed by atoms with E-state index in [0.29, 0.717) is 20.8 Å². The highest BCUT2D eigenvalue weighted by molar-refractivity contribution is 7.18. The van der Waals surface area contributed by atoms with Gasteiger partial charge in [0.2, 0.25) is 0 Å². The lowest BCUT2D eigenvalue weighted by Gasteiger charge is -2.19. The summed E-state index contributed by atoms with van der Waals surface area (Å²) in [5, 5.41) is 18.9. The number of rotatable bonds is 7. The zero-order chi connectivity index (χ0) is 38.8. The number of nitrogens with zero attached hydrogens (tertiary/aromatic N) is 2. The fourth-order valence-corrected chi connectivity index (χ4v) is 5.83. The number of amides is 1. The molecule has 53 heavy (non-hydrogen) atoms. The zero-order valence-electron chi connectivity index (χ0n) is 28.7. The third kappa shape index (κ3) is 12.0. The minimum absolute atomic E-state index is 0.0379. The van der Waals surface area contributed by atoms with Gasteiger partial charge in [0, 0.05) is 22.7 Å². The summed E-state index contributed by atoms with van der Waals surface area (Å²) >= 11 is 2.25. The maximum Gasteiger partial charge on any atom is 0.416 e. The Hall–Kier alpha value is -6.13. The second kappa shape index (κ2) is 17.4. The van der Waals surface area contributed by atoms with Crippen LogP contribution in [0.5, 0.6) is 0 Å². The van der Waals surface area contributed by atoms with E-state index in [0.717, 1.165) is 40.5 Å². The molecule has 6 rings (SSSR count). The van der Waals surface area contributed by atoms with Crippen LogP contribution in [-0.2, 0) is 11.6 Å². The predicted molar refractivity (Wildman–Crippen MR) is 208 cm³/mol. The van der Waals surface area contributed by atoms with E-state index in [1.165, 1.54) is 29.0 Å². The average Bonchev–Trinajstić information content (AvgIpc) is 3.66. The molecule has 0 radical (unpaired) electrons. The van der Waals surface area contributed by atoms with Gasteiger partial charge in [-0.15, -0.1) is 0 Å². The molecule has 11 nitrogen and oxygen atoms in total. The summed E-state index contributed by atoms with van der Waals surface area (Å²) in [5.41, 5.74) is 20.0. The highest BCUT2D eigenvalue weighted by atomic mass is 32.1. The van der Waals surface area contributed by atoms with Crippen LogP contribution in [0.25, 0.3) is 0 Å². The molecule has 0 aliphatic rings. The summed E-state index contributed by atoms with van der Waals surface area (Å²) in [5.74, 6) is -1.06. The van der Waals surface area contributed by atoms with Crippen molar-refractivity contribution in [2.45, 2.75) is 32.4 Å². The summed E-state index contributed by atoms with van der Waals surface area (Å²) in [7, 11) is 0. The summed E-state index contributed by atoms with van der Waals surface area (Å²) < 4.78 is 35.6. The molecular formula is C37H37F3N8O3S2. The third-order valence-electron chi connectivity index (χ3n) is 7.00. The highest BCUT2D eigenvalue weighted by Gasteiger charge is 2.29. The molecule has 0 atom stereocenters. The molecule has 0 unspecified atom stereocenters.